The number of carbonyl (C=O) groups is 1. The minimum Gasteiger partial charge on any atom is -0.467 e. The van der Waals surface area contributed by atoms with E-state index in [-0.39, 0.29) is 5.91 Å². The Kier molecular flexibility index (Phi) is 4.70. The first-order valence-electron chi connectivity index (χ1n) is 8.24. The first kappa shape index (κ1) is 17.1. The molecule has 0 saturated carbocycles. The zero-order chi connectivity index (χ0) is 18.1. The van der Waals surface area contributed by atoms with E-state index in [0.29, 0.717) is 18.8 Å². The topological polar surface area (TPSA) is 47.2 Å². The molecule has 26 heavy (non-hydrogen) atoms. The van der Waals surface area contributed by atoms with E-state index in [4.69, 9.17) is 4.42 Å². The molecule has 3 aromatic heterocycles. The number of halogens is 1. The fourth-order valence-electron chi connectivity index (χ4n) is 2.93. The zero-order valence-electron chi connectivity index (χ0n) is 14.2. The van der Waals surface area contributed by atoms with Gasteiger partial charge in [-0.25, -0.2) is 0 Å². The molecule has 0 radical (unpaired) electrons. The molecule has 0 spiro atoms. The molecular formula is C20H17BrN2O2S. The third-order valence-electron chi connectivity index (χ3n) is 4.27. The van der Waals surface area contributed by atoms with Crippen LogP contribution in [0.25, 0.3) is 10.2 Å². The van der Waals surface area contributed by atoms with Gasteiger partial charge in [0.15, 0.2) is 0 Å². The molecule has 0 saturated heterocycles. The molecule has 0 fully saturated rings. The van der Waals surface area contributed by atoms with E-state index in [2.05, 4.69) is 62.4 Å². The summed E-state index contributed by atoms with van der Waals surface area (Å²) in [5.74, 6) is 0.627. The fourth-order valence-corrected chi connectivity index (χ4v) is 4.62. The average Bonchev–Trinajstić information content (AvgIpc) is 3.34. The number of rotatable bonds is 5. The monoisotopic (exact) mass is 428 g/mol. The number of hydrogen-bond donors (Lipinski definition) is 1. The van der Waals surface area contributed by atoms with E-state index in [1.165, 1.54) is 5.56 Å². The van der Waals surface area contributed by atoms with Crippen molar-refractivity contribution in [3.8, 4) is 0 Å². The second-order valence-corrected chi connectivity index (χ2v) is 7.93. The summed E-state index contributed by atoms with van der Waals surface area (Å²) in [5.41, 5.74) is 4.09. The second kappa shape index (κ2) is 7.13. The van der Waals surface area contributed by atoms with Gasteiger partial charge in [-0.15, -0.1) is 11.3 Å². The smallest absolute Gasteiger partial charge is 0.268 e. The van der Waals surface area contributed by atoms with Gasteiger partial charge in [-0.2, -0.15) is 0 Å². The van der Waals surface area contributed by atoms with Crippen molar-refractivity contribution in [2.75, 3.05) is 0 Å². The van der Waals surface area contributed by atoms with Crippen LogP contribution in [-0.4, -0.2) is 10.5 Å². The van der Waals surface area contributed by atoms with Crippen LogP contribution in [0, 0.1) is 6.92 Å². The number of hydrogen-bond acceptors (Lipinski definition) is 3. The molecule has 0 aliphatic rings. The van der Waals surface area contributed by atoms with Gasteiger partial charge in [0.05, 0.1) is 27.5 Å². The summed E-state index contributed by atoms with van der Waals surface area (Å²) in [4.78, 5) is 12.8. The van der Waals surface area contributed by atoms with Crippen LogP contribution in [-0.2, 0) is 13.1 Å². The molecular weight excluding hydrogens is 412 g/mol. The third-order valence-corrected chi connectivity index (χ3v) is 6.10. The van der Waals surface area contributed by atoms with Crippen molar-refractivity contribution in [3.05, 3.63) is 81.2 Å². The van der Waals surface area contributed by atoms with Gasteiger partial charge in [-0.1, -0.05) is 29.8 Å². The number of aryl methyl sites for hydroxylation is 1. The van der Waals surface area contributed by atoms with Crippen LogP contribution in [0.4, 0.5) is 0 Å². The van der Waals surface area contributed by atoms with Gasteiger partial charge in [0.25, 0.3) is 5.91 Å². The molecule has 0 atom stereocenters. The fraction of sp³-hybridized carbons (Fsp3) is 0.150. The highest BCUT2D eigenvalue weighted by Crippen LogP contribution is 2.33. The summed E-state index contributed by atoms with van der Waals surface area (Å²) < 4.78 is 9.46. The van der Waals surface area contributed by atoms with Crippen molar-refractivity contribution in [2.45, 2.75) is 20.0 Å². The van der Waals surface area contributed by atoms with Gasteiger partial charge < -0.3 is 14.3 Å². The Morgan fingerprint density at radius 1 is 1.27 bits per heavy atom. The number of amides is 1. The maximum absolute atomic E-state index is 12.8. The van der Waals surface area contributed by atoms with Crippen molar-refractivity contribution in [1.29, 1.82) is 0 Å². The van der Waals surface area contributed by atoms with E-state index in [9.17, 15) is 4.79 Å². The van der Waals surface area contributed by atoms with E-state index in [1.54, 1.807) is 17.6 Å². The number of furan rings is 1. The average molecular weight is 429 g/mol. The number of nitrogens with one attached hydrogen (secondary N) is 1. The van der Waals surface area contributed by atoms with Gasteiger partial charge in [-0.05, 0) is 46.6 Å². The number of nitrogens with zero attached hydrogens (tertiary/aromatic N) is 1. The first-order valence-corrected chi connectivity index (χ1v) is 9.91. The highest BCUT2D eigenvalue weighted by molar-refractivity contribution is 9.10. The van der Waals surface area contributed by atoms with Crippen LogP contribution < -0.4 is 5.32 Å². The van der Waals surface area contributed by atoms with Crippen molar-refractivity contribution >= 4 is 43.4 Å². The summed E-state index contributed by atoms with van der Waals surface area (Å²) in [6, 6.07) is 14.0. The van der Waals surface area contributed by atoms with E-state index in [1.807, 2.05) is 18.2 Å². The lowest BCUT2D eigenvalue weighted by Gasteiger charge is -2.11. The molecule has 6 heteroatoms. The lowest BCUT2D eigenvalue weighted by Crippen LogP contribution is -2.25. The molecule has 1 N–H and O–H groups in total. The van der Waals surface area contributed by atoms with Crippen LogP contribution in [0.1, 0.15) is 27.4 Å². The molecule has 0 unspecified atom stereocenters. The number of fused-ring (bicyclic) bond motifs is 1. The van der Waals surface area contributed by atoms with Crippen molar-refractivity contribution < 1.29 is 9.21 Å². The minimum absolute atomic E-state index is 0.108. The van der Waals surface area contributed by atoms with Crippen LogP contribution in [0.15, 0.2) is 63.0 Å². The zero-order valence-corrected chi connectivity index (χ0v) is 16.6. The molecule has 4 aromatic rings. The molecule has 4 nitrogen and oxygen atoms in total. The van der Waals surface area contributed by atoms with Crippen LogP contribution >= 0.6 is 27.3 Å². The van der Waals surface area contributed by atoms with Gasteiger partial charge in [-0.3, -0.25) is 4.79 Å². The van der Waals surface area contributed by atoms with Crippen molar-refractivity contribution in [1.82, 2.24) is 9.88 Å². The Balaban J connectivity index is 1.67. The molecule has 1 amide bonds. The number of benzene rings is 1. The second-order valence-electron chi connectivity index (χ2n) is 6.16. The lowest BCUT2D eigenvalue weighted by molar-refractivity contribution is 0.0939. The normalized spacial score (nSPS) is 11.2. The molecule has 132 valence electrons. The summed E-state index contributed by atoms with van der Waals surface area (Å²) in [7, 11) is 0. The van der Waals surface area contributed by atoms with E-state index < -0.39 is 0 Å². The van der Waals surface area contributed by atoms with Crippen LogP contribution in [0.2, 0.25) is 0 Å². The number of carbonyl (C=O) groups excluding carboxylic acids is 1. The van der Waals surface area contributed by atoms with Gasteiger partial charge in [0.1, 0.15) is 11.5 Å². The Morgan fingerprint density at radius 3 is 2.81 bits per heavy atom. The molecule has 1 aromatic carbocycles. The van der Waals surface area contributed by atoms with Crippen molar-refractivity contribution in [2.24, 2.45) is 0 Å². The molecule has 4 rings (SSSR count). The highest BCUT2D eigenvalue weighted by atomic mass is 79.9. The maximum atomic E-state index is 12.8. The number of aromatic nitrogens is 1. The highest BCUT2D eigenvalue weighted by Gasteiger charge is 2.19. The quantitative estimate of drug-likeness (QED) is 0.465. The minimum atomic E-state index is -0.108. The summed E-state index contributed by atoms with van der Waals surface area (Å²) in [6.45, 7) is 3.08. The van der Waals surface area contributed by atoms with E-state index in [0.717, 1.165) is 26.0 Å². The largest absolute Gasteiger partial charge is 0.467 e. The summed E-state index contributed by atoms with van der Waals surface area (Å²) >= 11 is 5.25. The van der Waals surface area contributed by atoms with Crippen molar-refractivity contribution in [3.63, 3.8) is 0 Å². The maximum Gasteiger partial charge on any atom is 0.268 e. The Labute approximate surface area is 163 Å². The molecule has 3 heterocycles. The SMILES string of the molecule is Cc1ccc(Cn2c(C(=O)NCc3ccco3)cc3scc(Br)c32)cc1. The lowest BCUT2D eigenvalue weighted by atomic mass is 10.1. The Bertz CT molecular complexity index is 1050. The number of thiophene rings is 1. The van der Waals surface area contributed by atoms with E-state index >= 15 is 0 Å². The van der Waals surface area contributed by atoms with Gasteiger partial charge >= 0.3 is 0 Å². The molecule has 0 aliphatic heterocycles. The van der Waals surface area contributed by atoms with Gasteiger partial charge in [0.2, 0.25) is 0 Å². The predicted molar refractivity (Wildman–Crippen MR) is 108 cm³/mol. The molecule has 0 bridgehead atoms. The Morgan fingerprint density at radius 2 is 2.08 bits per heavy atom. The third kappa shape index (κ3) is 3.34. The summed E-state index contributed by atoms with van der Waals surface area (Å²) in [5, 5.41) is 5.00. The van der Waals surface area contributed by atoms with Crippen LogP contribution in [0.3, 0.4) is 0 Å². The standard InChI is InChI=1S/C20H17BrN2O2S/c1-13-4-6-14(7-5-13)11-23-17(9-18-19(23)16(21)12-26-18)20(24)22-10-15-3-2-8-25-15/h2-9,12H,10-11H2,1H3,(H,22,24). The summed E-state index contributed by atoms with van der Waals surface area (Å²) in [6.07, 6.45) is 1.61. The van der Waals surface area contributed by atoms with Crippen LogP contribution in [0.5, 0.6) is 0 Å². The van der Waals surface area contributed by atoms with Gasteiger partial charge in [0, 0.05) is 11.9 Å². The first-order chi connectivity index (χ1) is 12.6. The predicted octanol–water partition coefficient (Wildman–Crippen LogP) is 5.35. The molecule has 0 aliphatic carbocycles. The Hall–Kier alpha value is -2.31.